The number of anilines is 1. The van der Waals surface area contributed by atoms with Crippen LogP contribution in [0.4, 0.5) is 5.69 Å². The molecular weight excluding hydrogens is 350 g/mol. The fraction of sp³-hybridized carbons (Fsp3) is 0.368. The first-order chi connectivity index (χ1) is 12.6. The predicted octanol–water partition coefficient (Wildman–Crippen LogP) is 2.53. The van der Waals surface area contributed by atoms with E-state index in [2.05, 4.69) is 15.6 Å². The van der Waals surface area contributed by atoms with Crippen LogP contribution in [0.5, 0.6) is 0 Å². The van der Waals surface area contributed by atoms with Gasteiger partial charge in [-0.05, 0) is 48.7 Å². The predicted molar refractivity (Wildman–Crippen MR) is 100 cm³/mol. The highest BCUT2D eigenvalue weighted by molar-refractivity contribution is 7.92. The normalized spacial score (nSPS) is 15.1. The van der Waals surface area contributed by atoms with Crippen LogP contribution >= 0.6 is 0 Å². The summed E-state index contributed by atoms with van der Waals surface area (Å²) in [6.45, 7) is 0.719. The number of carbonyl (C=O) groups is 1. The Morgan fingerprint density at radius 2 is 1.85 bits per heavy atom. The third-order valence-electron chi connectivity index (χ3n) is 4.55. The van der Waals surface area contributed by atoms with Gasteiger partial charge in [0.25, 0.3) is 0 Å². The van der Waals surface area contributed by atoms with Gasteiger partial charge in [0.2, 0.25) is 5.91 Å². The molecule has 1 aliphatic rings. The maximum absolute atomic E-state index is 12.5. The van der Waals surface area contributed by atoms with Crippen molar-refractivity contribution >= 4 is 21.4 Å². The van der Waals surface area contributed by atoms with E-state index < -0.39 is 9.84 Å². The van der Waals surface area contributed by atoms with Gasteiger partial charge in [-0.1, -0.05) is 18.9 Å². The third-order valence-corrected chi connectivity index (χ3v) is 6.82. The lowest BCUT2D eigenvalue weighted by Gasteiger charge is -2.12. The monoisotopic (exact) mass is 373 g/mol. The summed E-state index contributed by atoms with van der Waals surface area (Å²) in [5.74, 6) is -0.180. The third kappa shape index (κ3) is 4.68. The van der Waals surface area contributed by atoms with E-state index in [0.717, 1.165) is 31.2 Å². The van der Waals surface area contributed by atoms with Gasteiger partial charge in [-0.25, -0.2) is 8.42 Å². The first kappa shape index (κ1) is 18.5. The lowest BCUT2D eigenvalue weighted by atomic mass is 10.3. The molecule has 0 aliphatic heterocycles. The summed E-state index contributed by atoms with van der Waals surface area (Å²) < 4.78 is 25.1. The summed E-state index contributed by atoms with van der Waals surface area (Å²) >= 11 is 0. The van der Waals surface area contributed by atoms with Crippen LogP contribution in [0.1, 0.15) is 31.2 Å². The molecule has 0 unspecified atom stereocenters. The number of aromatic nitrogens is 1. The fourth-order valence-corrected chi connectivity index (χ4v) is 5.00. The number of hydrogen-bond acceptors (Lipinski definition) is 5. The van der Waals surface area contributed by atoms with Gasteiger partial charge in [0.15, 0.2) is 9.84 Å². The Bertz CT molecular complexity index is 830. The maximum atomic E-state index is 12.5. The molecule has 1 aliphatic carbocycles. The topological polar surface area (TPSA) is 88.2 Å². The van der Waals surface area contributed by atoms with Gasteiger partial charge in [0, 0.05) is 24.6 Å². The second kappa shape index (κ2) is 8.42. The van der Waals surface area contributed by atoms with Crippen molar-refractivity contribution in [2.75, 3.05) is 11.9 Å². The molecule has 1 amide bonds. The molecule has 7 heteroatoms. The van der Waals surface area contributed by atoms with Crippen LogP contribution in [0.3, 0.4) is 0 Å². The number of hydrogen-bond donors (Lipinski definition) is 2. The smallest absolute Gasteiger partial charge is 0.238 e. The number of amides is 1. The van der Waals surface area contributed by atoms with E-state index in [1.54, 1.807) is 36.7 Å². The second-order valence-electron chi connectivity index (χ2n) is 6.49. The second-order valence-corrected chi connectivity index (χ2v) is 8.72. The molecule has 1 fully saturated rings. The molecule has 0 atom stereocenters. The quantitative estimate of drug-likeness (QED) is 0.779. The minimum atomic E-state index is -3.26. The Kier molecular flexibility index (Phi) is 6.00. The molecule has 1 aromatic carbocycles. The van der Waals surface area contributed by atoms with Gasteiger partial charge in [-0.15, -0.1) is 0 Å². The summed E-state index contributed by atoms with van der Waals surface area (Å²) in [5.41, 5.74) is 1.59. The average Bonchev–Trinajstić information content (AvgIpc) is 3.19. The van der Waals surface area contributed by atoms with Crippen LogP contribution in [0.2, 0.25) is 0 Å². The van der Waals surface area contributed by atoms with Gasteiger partial charge in [-0.2, -0.15) is 0 Å². The van der Waals surface area contributed by atoms with Gasteiger partial charge in [0.05, 0.1) is 16.7 Å². The highest BCUT2D eigenvalue weighted by Gasteiger charge is 2.30. The number of benzene rings is 1. The van der Waals surface area contributed by atoms with Crippen molar-refractivity contribution in [3.8, 4) is 0 Å². The largest absolute Gasteiger partial charge is 0.325 e. The molecular formula is C19H23N3O3S. The van der Waals surface area contributed by atoms with Crippen LogP contribution in [0.15, 0.2) is 53.7 Å². The number of carbonyl (C=O) groups excluding carboxylic acids is 1. The van der Waals surface area contributed by atoms with Crippen LogP contribution in [-0.4, -0.2) is 31.1 Å². The Hall–Kier alpha value is -2.25. The van der Waals surface area contributed by atoms with Crippen LogP contribution in [-0.2, 0) is 21.2 Å². The molecule has 2 N–H and O–H groups in total. The molecule has 0 radical (unpaired) electrons. The van der Waals surface area contributed by atoms with E-state index in [4.69, 9.17) is 0 Å². The molecule has 1 aromatic heterocycles. The van der Waals surface area contributed by atoms with Gasteiger partial charge in [0.1, 0.15) is 0 Å². The highest BCUT2D eigenvalue weighted by Crippen LogP contribution is 2.29. The zero-order valence-electron chi connectivity index (χ0n) is 14.5. The molecule has 6 nitrogen and oxygen atoms in total. The van der Waals surface area contributed by atoms with Crippen molar-refractivity contribution in [1.82, 2.24) is 10.3 Å². The summed E-state index contributed by atoms with van der Waals surface area (Å²) in [6, 6.07) is 10.2. The zero-order valence-corrected chi connectivity index (χ0v) is 15.3. The zero-order chi connectivity index (χ0) is 18.4. The van der Waals surface area contributed by atoms with Gasteiger partial charge in [-0.3, -0.25) is 9.78 Å². The fourth-order valence-electron chi connectivity index (χ4n) is 3.15. The Morgan fingerprint density at radius 3 is 2.50 bits per heavy atom. The van der Waals surface area contributed by atoms with Crippen molar-refractivity contribution in [3.05, 3.63) is 54.4 Å². The first-order valence-corrected chi connectivity index (χ1v) is 10.3. The molecule has 138 valence electrons. The molecule has 2 aromatic rings. The summed E-state index contributed by atoms with van der Waals surface area (Å²) in [5, 5.41) is 5.55. The molecule has 0 bridgehead atoms. The number of sulfone groups is 1. The van der Waals surface area contributed by atoms with Crippen molar-refractivity contribution in [1.29, 1.82) is 0 Å². The molecule has 1 saturated carbocycles. The minimum Gasteiger partial charge on any atom is -0.325 e. The van der Waals surface area contributed by atoms with Crippen LogP contribution < -0.4 is 10.6 Å². The lowest BCUT2D eigenvalue weighted by molar-refractivity contribution is -0.115. The Morgan fingerprint density at radius 1 is 1.12 bits per heavy atom. The van der Waals surface area contributed by atoms with Crippen LogP contribution in [0, 0.1) is 0 Å². The molecule has 3 rings (SSSR count). The van der Waals surface area contributed by atoms with Crippen molar-refractivity contribution in [2.24, 2.45) is 0 Å². The summed E-state index contributed by atoms with van der Waals surface area (Å²) in [7, 11) is -3.26. The van der Waals surface area contributed by atoms with E-state index in [9.17, 15) is 13.2 Å². The maximum Gasteiger partial charge on any atom is 0.238 e. The van der Waals surface area contributed by atoms with Gasteiger partial charge < -0.3 is 10.6 Å². The van der Waals surface area contributed by atoms with Crippen molar-refractivity contribution in [3.63, 3.8) is 0 Å². The van der Waals surface area contributed by atoms with E-state index in [0.29, 0.717) is 17.1 Å². The minimum absolute atomic E-state index is 0.164. The number of pyridine rings is 1. The summed E-state index contributed by atoms with van der Waals surface area (Å²) in [6.07, 6.45) is 6.88. The van der Waals surface area contributed by atoms with Crippen molar-refractivity contribution in [2.45, 2.75) is 42.4 Å². The standard InChI is InChI=1S/C19H23N3O3S/c23-19(14-21-13-15-4-3-11-20-12-15)22-16-7-9-18(10-8-16)26(24,25)17-5-1-2-6-17/h3-4,7-12,17,21H,1-2,5-6,13-14H2,(H,22,23). The van der Waals surface area contributed by atoms with Crippen LogP contribution in [0.25, 0.3) is 0 Å². The number of rotatable bonds is 7. The van der Waals surface area contributed by atoms with E-state index >= 15 is 0 Å². The Balaban J connectivity index is 1.51. The average molecular weight is 373 g/mol. The van der Waals surface area contributed by atoms with E-state index in [1.807, 2.05) is 12.1 Å². The van der Waals surface area contributed by atoms with E-state index in [1.165, 1.54) is 0 Å². The number of nitrogens with zero attached hydrogens (tertiary/aromatic N) is 1. The summed E-state index contributed by atoms with van der Waals surface area (Å²) in [4.78, 5) is 16.3. The lowest BCUT2D eigenvalue weighted by Crippen LogP contribution is -2.27. The molecule has 0 spiro atoms. The highest BCUT2D eigenvalue weighted by atomic mass is 32.2. The van der Waals surface area contributed by atoms with E-state index in [-0.39, 0.29) is 17.7 Å². The Labute approximate surface area is 154 Å². The van der Waals surface area contributed by atoms with Crippen molar-refractivity contribution < 1.29 is 13.2 Å². The van der Waals surface area contributed by atoms with Gasteiger partial charge >= 0.3 is 0 Å². The number of nitrogens with one attached hydrogen (secondary N) is 2. The SMILES string of the molecule is O=C(CNCc1cccnc1)Nc1ccc(S(=O)(=O)C2CCCC2)cc1. The first-order valence-electron chi connectivity index (χ1n) is 8.79. The molecule has 0 saturated heterocycles. The molecule has 26 heavy (non-hydrogen) atoms. The molecule has 1 heterocycles.